The maximum absolute atomic E-state index is 12.3. The molecule has 1 heterocycles. The molecule has 0 spiro atoms. The average molecular weight is 292 g/mol. The summed E-state index contributed by atoms with van der Waals surface area (Å²) in [7, 11) is 1.38. The Kier molecular flexibility index (Phi) is 7.37. The molecule has 0 saturated carbocycles. The third kappa shape index (κ3) is 6.13. The van der Waals surface area contributed by atoms with E-state index in [1.807, 2.05) is 0 Å². The lowest BCUT2D eigenvalue weighted by atomic mass is 9.85. The zero-order valence-corrected chi connectivity index (χ0v) is 12.6. The Morgan fingerprint density at radius 2 is 2.10 bits per heavy atom. The first kappa shape index (κ1) is 17.3. The summed E-state index contributed by atoms with van der Waals surface area (Å²) in [6.45, 7) is 6.30. The van der Waals surface area contributed by atoms with Crippen molar-refractivity contribution in [2.45, 2.75) is 39.2 Å². The molecule has 1 rings (SSSR count). The summed E-state index contributed by atoms with van der Waals surface area (Å²) >= 11 is 0. The van der Waals surface area contributed by atoms with Gasteiger partial charge in [0, 0.05) is 25.7 Å². The minimum absolute atomic E-state index is 0.0720. The van der Waals surface area contributed by atoms with Gasteiger partial charge in [-0.25, -0.2) is 8.78 Å². The molecular formula is C14H26F2N2O2. The smallest absolute Gasteiger partial charge is 0.306 e. The molecular weight excluding hydrogens is 266 g/mol. The second-order valence-electron chi connectivity index (χ2n) is 5.82. The number of halogens is 2. The molecule has 0 radical (unpaired) electrons. The van der Waals surface area contributed by atoms with Crippen LogP contribution in [0, 0.1) is 11.8 Å². The van der Waals surface area contributed by atoms with E-state index >= 15 is 0 Å². The Hall–Kier alpha value is -0.750. The second-order valence-corrected chi connectivity index (χ2v) is 5.82. The van der Waals surface area contributed by atoms with E-state index in [1.54, 1.807) is 0 Å². The van der Waals surface area contributed by atoms with E-state index in [2.05, 4.69) is 28.8 Å². The fraction of sp³-hybridized carbons (Fsp3) is 0.929. The lowest BCUT2D eigenvalue weighted by molar-refractivity contribution is -0.141. The number of ether oxygens (including phenoxy) is 1. The van der Waals surface area contributed by atoms with Crippen molar-refractivity contribution in [3.05, 3.63) is 0 Å². The predicted octanol–water partition coefficient (Wildman–Crippen LogP) is 1.75. The second kappa shape index (κ2) is 8.52. The first-order valence-electron chi connectivity index (χ1n) is 7.23. The number of piperidine rings is 1. The molecule has 0 aliphatic carbocycles. The third-order valence-electron chi connectivity index (χ3n) is 3.92. The first-order chi connectivity index (χ1) is 9.42. The summed E-state index contributed by atoms with van der Waals surface area (Å²) < 4.78 is 29.3. The number of nitrogens with zero attached hydrogens (tertiary/aromatic N) is 1. The zero-order valence-electron chi connectivity index (χ0n) is 12.6. The molecule has 0 bridgehead atoms. The van der Waals surface area contributed by atoms with Gasteiger partial charge in [-0.1, -0.05) is 13.8 Å². The molecule has 4 nitrogen and oxygen atoms in total. The number of hydrogen-bond acceptors (Lipinski definition) is 4. The van der Waals surface area contributed by atoms with Gasteiger partial charge in [-0.3, -0.25) is 4.79 Å². The minimum atomic E-state index is -2.32. The van der Waals surface area contributed by atoms with Crippen LogP contribution in [0.4, 0.5) is 8.78 Å². The number of hydrogen-bond donors (Lipinski definition) is 1. The van der Waals surface area contributed by atoms with Crippen molar-refractivity contribution in [1.29, 1.82) is 0 Å². The van der Waals surface area contributed by atoms with E-state index < -0.39 is 6.43 Å². The highest BCUT2D eigenvalue weighted by atomic mass is 19.3. The van der Waals surface area contributed by atoms with Gasteiger partial charge >= 0.3 is 5.97 Å². The first-order valence-corrected chi connectivity index (χ1v) is 7.23. The van der Waals surface area contributed by atoms with Gasteiger partial charge in [-0.2, -0.15) is 0 Å². The van der Waals surface area contributed by atoms with Crippen LogP contribution in [-0.4, -0.2) is 56.6 Å². The molecule has 0 aromatic heterocycles. The molecule has 1 fully saturated rings. The Bertz CT molecular complexity index is 301. The average Bonchev–Trinajstić information content (AvgIpc) is 2.42. The number of carbonyl (C=O) groups excluding carboxylic acids is 1. The summed E-state index contributed by atoms with van der Waals surface area (Å²) in [5, 5.41) is 2.93. The van der Waals surface area contributed by atoms with Crippen LogP contribution in [0.2, 0.25) is 0 Å². The zero-order chi connectivity index (χ0) is 15.1. The van der Waals surface area contributed by atoms with Crippen molar-refractivity contribution in [1.82, 2.24) is 10.2 Å². The van der Waals surface area contributed by atoms with Gasteiger partial charge < -0.3 is 15.0 Å². The number of nitrogens with one attached hydrogen (secondary N) is 1. The topological polar surface area (TPSA) is 41.6 Å². The van der Waals surface area contributed by atoms with Gasteiger partial charge in [0.1, 0.15) is 0 Å². The lowest BCUT2D eigenvalue weighted by Gasteiger charge is -2.39. The third-order valence-corrected chi connectivity index (χ3v) is 3.92. The summed E-state index contributed by atoms with van der Waals surface area (Å²) in [4.78, 5) is 13.4. The van der Waals surface area contributed by atoms with Crippen LogP contribution in [0.15, 0.2) is 0 Å². The standard InChI is InChI=1S/C14H26F2N2O2/c1-10(2)11-6-12(17-7-13(15)16)9-18(8-11)5-4-14(19)20-3/h10-13,17H,4-9H2,1-3H3. The minimum Gasteiger partial charge on any atom is -0.469 e. The van der Waals surface area contributed by atoms with E-state index in [1.165, 1.54) is 7.11 Å². The van der Waals surface area contributed by atoms with E-state index in [0.717, 1.165) is 13.0 Å². The van der Waals surface area contributed by atoms with E-state index in [9.17, 15) is 13.6 Å². The van der Waals surface area contributed by atoms with Gasteiger partial charge in [0.05, 0.1) is 20.1 Å². The maximum atomic E-state index is 12.3. The van der Waals surface area contributed by atoms with E-state index in [4.69, 9.17) is 0 Å². The highest BCUT2D eigenvalue weighted by Gasteiger charge is 2.29. The largest absolute Gasteiger partial charge is 0.469 e. The summed E-state index contributed by atoms with van der Waals surface area (Å²) in [6, 6.07) is 0.0720. The normalized spacial score (nSPS) is 24.4. The quantitative estimate of drug-likeness (QED) is 0.726. The van der Waals surface area contributed by atoms with Crippen molar-refractivity contribution >= 4 is 5.97 Å². The highest BCUT2D eigenvalue weighted by Crippen LogP contribution is 2.24. The molecule has 1 N–H and O–H groups in total. The summed E-state index contributed by atoms with van der Waals surface area (Å²) in [6.07, 6.45) is -1.06. The Balaban J connectivity index is 2.49. The fourth-order valence-electron chi connectivity index (χ4n) is 2.65. The highest BCUT2D eigenvalue weighted by molar-refractivity contribution is 5.69. The molecule has 2 unspecified atom stereocenters. The van der Waals surface area contributed by atoms with E-state index in [-0.39, 0.29) is 18.6 Å². The number of rotatable bonds is 7. The van der Waals surface area contributed by atoms with Crippen LogP contribution in [0.1, 0.15) is 26.7 Å². The van der Waals surface area contributed by atoms with Crippen molar-refractivity contribution in [2.24, 2.45) is 11.8 Å². The monoisotopic (exact) mass is 292 g/mol. The molecule has 1 aliphatic rings. The molecule has 118 valence electrons. The van der Waals surface area contributed by atoms with Crippen molar-refractivity contribution in [2.75, 3.05) is 33.3 Å². The van der Waals surface area contributed by atoms with Crippen LogP contribution >= 0.6 is 0 Å². The molecule has 0 aromatic rings. The van der Waals surface area contributed by atoms with Gasteiger partial charge in [0.2, 0.25) is 0 Å². The Morgan fingerprint density at radius 3 is 2.65 bits per heavy atom. The molecule has 1 aliphatic heterocycles. The van der Waals surface area contributed by atoms with Crippen LogP contribution < -0.4 is 5.32 Å². The lowest BCUT2D eigenvalue weighted by Crippen LogP contribution is -2.51. The molecule has 20 heavy (non-hydrogen) atoms. The van der Waals surface area contributed by atoms with Gasteiger partial charge in [0.25, 0.3) is 6.43 Å². The molecule has 0 aromatic carbocycles. The van der Waals surface area contributed by atoms with Crippen LogP contribution in [0.25, 0.3) is 0 Å². The number of methoxy groups -OCH3 is 1. The number of esters is 1. The molecule has 0 amide bonds. The predicted molar refractivity (Wildman–Crippen MR) is 73.8 cm³/mol. The fourth-order valence-corrected chi connectivity index (χ4v) is 2.65. The number of likely N-dealkylation sites (tertiary alicyclic amines) is 1. The van der Waals surface area contributed by atoms with Crippen LogP contribution in [0.3, 0.4) is 0 Å². The maximum Gasteiger partial charge on any atom is 0.306 e. The molecule has 1 saturated heterocycles. The van der Waals surface area contributed by atoms with Gasteiger partial charge in [-0.05, 0) is 18.3 Å². The van der Waals surface area contributed by atoms with Crippen molar-refractivity contribution < 1.29 is 18.3 Å². The van der Waals surface area contributed by atoms with Crippen molar-refractivity contribution in [3.8, 4) is 0 Å². The van der Waals surface area contributed by atoms with Gasteiger partial charge in [-0.15, -0.1) is 0 Å². The van der Waals surface area contributed by atoms with E-state index in [0.29, 0.717) is 31.3 Å². The van der Waals surface area contributed by atoms with Crippen molar-refractivity contribution in [3.63, 3.8) is 0 Å². The van der Waals surface area contributed by atoms with Crippen LogP contribution in [0.5, 0.6) is 0 Å². The SMILES string of the molecule is COC(=O)CCN1CC(NCC(F)F)CC(C(C)C)C1. The molecule has 2 atom stereocenters. The summed E-state index contributed by atoms with van der Waals surface area (Å²) in [5.41, 5.74) is 0. The molecule has 6 heteroatoms. The van der Waals surface area contributed by atoms with Crippen LogP contribution in [-0.2, 0) is 9.53 Å². The number of alkyl halides is 2. The Morgan fingerprint density at radius 1 is 1.40 bits per heavy atom. The number of carbonyl (C=O) groups is 1. The Labute approximate surface area is 119 Å². The van der Waals surface area contributed by atoms with Gasteiger partial charge in [0.15, 0.2) is 0 Å². The summed E-state index contributed by atoms with van der Waals surface area (Å²) in [5.74, 6) is 0.747.